The second-order valence-corrected chi connectivity index (χ2v) is 6.42. The van der Waals surface area contributed by atoms with Gasteiger partial charge >= 0.3 is 6.18 Å². The Morgan fingerprint density at radius 1 is 1.47 bits per heavy atom. The minimum Gasteiger partial charge on any atom is -0.366 e. The number of ether oxygens (including phenoxy) is 1. The Balaban J connectivity index is 2.71. The van der Waals surface area contributed by atoms with Crippen LogP contribution in [0.4, 0.5) is 18.0 Å². The number of alkyl halides is 3. The molecule has 0 aliphatic carbocycles. The smallest absolute Gasteiger partial charge is 0.366 e. The van der Waals surface area contributed by atoms with Gasteiger partial charge in [0.15, 0.2) is 0 Å². The topological polar surface area (TPSA) is 55.4 Å². The molecule has 1 fully saturated rings. The van der Waals surface area contributed by atoms with E-state index in [9.17, 15) is 22.8 Å². The van der Waals surface area contributed by atoms with E-state index in [4.69, 9.17) is 4.74 Å². The molecule has 1 amide bonds. The zero-order valence-electron chi connectivity index (χ0n) is 10.3. The zero-order chi connectivity index (χ0) is 14.6. The summed E-state index contributed by atoms with van der Waals surface area (Å²) < 4.78 is 43.4. The van der Waals surface area contributed by atoms with Crippen LogP contribution in [0.5, 0.6) is 0 Å². The van der Waals surface area contributed by atoms with E-state index in [1.807, 2.05) is 5.32 Å². The highest BCUT2D eigenvalue weighted by Gasteiger charge is 2.45. The standard InChI is InChI=1S/C10H14F3NO3S2/c1-3-17-8-6(18-9(16)19-8)4-7(10(11,12)13)14-5(2)15/h6-8H,3-4H2,1-2H3,(H,14,15). The van der Waals surface area contributed by atoms with Crippen molar-refractivity contribution >= 4 is 33.9 Å². The van der Waals surface area contributed by atoms with Crippen LogP contribution in [0.2, 0.25) is 0 Å². The van der Waals surface area contributed by atoms with Gasteiger partial charge in [-0.05, 0) is 25.1 Å². The number of carbonyl (C=O) groups is 2. The largest absolute Gasteiger partial charge is 0.408 e. The molecule has 1 N–H and O–H groups in total. The third-order valence-corrected chi connectivity index (χ3v) is 4.91. The summed E-state index contributed by atoms with van der Waals surface area (Å²) >= 11 is 1.72. The maximum Gasteiger partial charge on any atom is 0.408 e. The van der Waals surface area contributed by atoms with Crippen molar-refractivity contribution in [3.8, 4) is 0 Å². The highest BCUT2D eigenvalue weighted by atomic mass is 32.2. The molecule has 3 atom stereocenters. The Bertz CT molecular complexity index is 351. The maximum atomic E-state index is 12.8. The summed E-state index contributed by atoms with van der Waals surface area (Å²) in [5, 5.41) is 1.26. The van der Waals surface area contributed by atoms with E-state index in [2.05, 4.69) is 0 Å². The quantitative estimate of drug-likeness (QED) is 0.845. The van der Waals surface area contributed by atoms with E-state index in [1.54, 1.807) is 6.92 Å². The number of rotatable bonds is 5. The number of halogens is 3. The first kappa shape index (κ1) is 16.6. The Morgan fingerprint density at radius 2 is 2.11 bits per heavy atom. The first-order chi connectivity index (χ1) is 8.74. The van der Waals surface area contributed by atoms with Gasteiger partial charge in [-0.25, -0.2) is 0 Å². The van der Waals surface area contributed by atoms with Crippen molar-refractivity contribution in [2.75, 3.05) is 6.61 Å². The average molecular weight is 317 g/mol. The van der Waals surface area contributed by atoms with E-state index in [-0.39, 0.29) is 10.9 Å². The van der Waals surface area contributed by atoms with Gasteiger partial charge in [-0.1, -0.05) is 11.8 Å². The Labute approximate surface area is 117 Å². The molecule has 0 bridgehead atoms. The molecular formula is C10H14F3NO3S2. The van der Waals surface area contributed by atoms with E-state index in [0.717, 1.165) is 30.4 Å². The van der Waals surface area contributed by atoms with E-state index in [1.165, 1.54) is 0 Å². The Hall–Kier alpha value is -0.410. The lowest BCUT2D eigenvalue weighted by atomic mass is 10.1. The first-order valence-corrected chi connectivity index (χ1v) is 7.32. The number of nitrogens with one attached hydrogen (secondary N) is 1. The third kappa shape index (κ3) is 5.23. The van der Waals surface area contributed by atoms with Crippen LogP contribution in [0.1, 0.15) is 20.3 Å². The minimum atomic E-state index is -4.54. The maximum absolute atomic E-state index is 12.8. The van der Waals surface area contributed by atoms with Gasteiger partial charge in [-0.3, -0.25) is 9.59 Å². The zero-order valence-corrected chi connectivity index (χ0v) is 12.0. The van der Waals surface area contributed by atoms with Crippen molar-refractivity contribution in [2.45, 2.75) is 43.2 Å². The molecule has 4 nitrogen and oxygen atoms in total. The van der Waals surface area contributed by atoms with Gasteiger partial charge < -0.3 is 10.1 Å². The lowest BCUT2D eigenvalue weighted by Gasteiger charge is -2.25. The van der Waals surface area contributed by atoms with Crippen molar-refractivity contribution in [2.24, 2.45) is 0 Å². The van der Waals surface area contributed by atoms with Crippen molar-refractivity contribution in [3.63, 3.8) is 0 Å². The summed E-state index contributed by atoms with van der Waals surface area (Å²) in [5.41, 5.74) is -0.596. The number of thioether (sulfide) groups is 2. The molecule has 0 radical (unpaired) electrons. The molecule has 1 saturated heterocycles. The van der Waals surface area contributed by atoms with Crippen molar-refractivity contribution in [1.29, 1.82) is 0 Å². The van der Waals surface area contributed by atoms with Crippen LogP contribution in [0.15, 0.2) is 0 Å². The summed E-state index contributed by atoms with van der Waals surface area (Å²) in [4.78, 5) is 22.1. The molecule has 3 unspecified atom stereocenters. The van der Waals surface area contributed by atoms with Gasteiger partial charge in [-0.2, -0.15) is 13.2 Å². The summed E-state index contributed by atoms with van der Waals surface area (Å²) in [6.07, 6.45) is -4.92. The predicted octanol–water partition coefficient (Wildman–Crippen LogP) is 2.77. The van der Waals surface area contributed by atoms with Gasteiger partial charge in [0.1, 0.15) is 11.5 Å². The molecule has 1 aliphatic heterocycles. The number of carbonyl (C=O) groups excluding carboxylic acids is 2. The van der Waals surface area contributed by atoms with Crippen LogP contribution in [0.25, 0.3) is 0 Å². The fourth-order valence-corrected chi connectivity index (χ4v) is 4.19. The normalized spacial score (nSPS) is 25.4. The molecule has 1 heterocycles. The number of hydrogen-bond donors (Lipinski definition) is 1. The van der Waals surface area contributed by atoms with E-state index < -0.39 is 28.8 Å². The molecule has 0 aromatic carbocycles. The predicted molar refractivity (Wildman–Crippen MR) is 68.1 cm³/mol. The van der Waals surface area contributed by atoms with Crippen molar-refractivity contribution in [3.05, 3.63) is 0 Å². The molecule has 110 valence electrons. The SMILES string of the molecule is CCOC1SC(=O)SC1CC(NC(C)=O)C(F)(F)F. The lowest BCUT2D eigenvalue weighted by molar-refractivity contribution is -0.162. The van der Waals surface area contributed by atoms with Crippen LogP contribution < -0.4 is 5.32 Å². The Morgan fingerprint density at radius 3 is 2.58 bits per heavy atom. The molecule has 0 saturated carbocycles. The fraction of sp³-hybridized carbons (Fsp3) is 0.800. The molecule has 19 heavy (non-hydrogen) atoms. The molecule has 9 heteroatoms. The van der Waals surface area contributed by atoms with E-state index >= 15 is 0 Å². The molecule has 1 rings (SSSR count). The van der Waals surface area contributed by atoms with Crippen LogP contribution in [-0.4, -0.2) is 39.9 Å². The highest BCUT2D eigenvalue weighted by molar-refractivity contribution is 8.41. The van der Waals surface area contributed by atoms with Gasteiger partial charge in [0.05, 0.1) is 5.25 Å². The number of hydrogen-bond acceptors (Lipinski definition) is 5. The van der Waals surface area contributed by atoms with Gasteiger partial charge in [0.2, 0.25) is 10.4 Å². The molecule has 0 spiro atoms. The Kier molecular flexibility index (Phi) is 6.00. The van der Waals surface area contributed by atoms with Gasteiger partial charge in [-0.15, -0.1) is 0 Å². The fourth-order valence-electron chi connectivity index (χ4n) is 1.59. The monoisotopic (exact) mass is 317 g/mol. The molecular weight excluding hydrogens is 303 g/mol. The highest BCUT2D eigenvalue weighted by Crippen LogP contribution is 2.43. The summed E-state index contributed by atoms with van der Waals surface area (Å²) in [5.74, 6) is -0.753. The number of amides is 1. The summed E-state index contributed by atoms with van der Waals surface area (Å²) in [7, 11) is 0. The van der Waals surface area contributed by atoms with Crippen LogP contribution in [0.3, 0.4) is 0 Å². The van der Waals surface area contributed by atoms with Crippen molar-refractivity contribution in [1.82, 2.24) is 5.32 Å². The average Bonchev–Trinajstić information content (AvgIpc) is 2.56. The van der Waals surface area contributed by atoms with Gasteiger partial charge in [0, 0.05) is 13.5 Å². The molecule has 1 aliphatic rings. The van der Waals surface area contributed by atoms with Crippen LogP contribution in [-0.2, 0) is 9.53 Å². The van der Waals surface area contributed by atoms with Crippen LogP contribution in [0, 0.1) is 0 Å². The second-order valence-electron chi connectivity index (χ2n) is 3.88. The summed E-state index contributed by atoms with van der Waals surface area (Å²) in [6.45, 7) is 3.05. The second kappa shape index (κ2) is 6.85. The summed E-state index contributed by atoms with van der Waals surface area (Å²) in [6, 6.07) is -1.96. The van der Waals surface area contributed by atoms with Crippen LogP contribution >= 0.6 is 23.5 Å². The third-order valence-electron chi connectivity index (χ3n) is 2.34. The first-order valence-electron chi connectivity index (χ1n) is 5.56. The minimum absolute atomic E-state index is 0.257. The van der Waals surface area contributed by atoms with Gasteiger partial charge in [0.25, 0.3) is 0 Å². The molecule has 0 aromatic heterocycles. The van der Waals surface area contributed by atoms with E-state index in [0.29, 0.717) is 6.61 Å². The van der Waals surface area contributed by atoms with Crippen molar-refractivity contribution < 1.29 is 27.5 Å². The molecule has 0 aromatic rings. The lowest BCUT2D eigenvalue weighted by Crippen LogP contribution is -2.47.